The van der Waals surface area contributed by atoms with Crippen LogP contribution in [0.3, 0.4) is 0 Å². The molecule has 1 aromatic heterocycles. The Hall–Kier alpha value is -2.30. The lowest BCUT2D eigenvalue weighted by molar-refractivity contribution is -0.146. The molecule has 2 fully saturated rings. The van der Waals surface area contributed by atoms with Gasteiger partial charge in [-0.2, -0.15) is 0 Å². The van der Waals surface area contributed by atoms with Gasteiger partial charge in [-0.3, -0.25) is 4.79 Å². The predicted molar refractivity (Wildman–Crippen MR) is 108 cm³/mol. The van der Waals surface area contributed by atoms with Crippen LogP contribution in [0.15, 0.2) is 53.0 Å². The number of carbonyl (C=O) groups excluding carboxylic acids is 1. The number of fused-ring (bicyclic) bond motifs is 2. The summed E-state index contributed by atoms with van der Waals surface area (Å²) in [5.41, 5.74) is 3.76. The van der Waals surface area contributed by atoms with Crippen molar-refractivity contribution in [3.8, 4) is 11.5 Å². The number of cyclic esters (lactones) is 1. The van der Waals surface area contributed by atoms with E-state index in [9.17, 15) is 4.79 Å². The molecule has 0 amide bonds. The van der Waals surface area contributed by atoms with E-state index in [1.54, 1.807) is 18.2 Å². The second kappa shape index (κ2) is 6.36. The van der Waals surface area contributed by atoms with Crippen molar-refractivity contribution in [3.05, 3.63) is 64.2 Å². The van der Waals surface area contributed by atoms with Gasteiger partial charge in [0, 0.05) is 10.9 Å². The summed E-state index contributed by atoms with van der Waals surface area (Å²) in [6.45, 7) is 4.59. The number of rotatable bonds is 3. The summed E-state index contributed by atoms with van der Waals surface area (Å²) in [5, 5.41) is 1.04. The highest BCUT2D eigenvalue weighted by Gasteiger charge is 2.55. The fourth-order valence-corrected chi connectivity index (χ4v) is 4.98. The third-order valence-corrected chi connectivity index (χ3v) is 6.39. The number of esters is 1. The summed E-state index contributed by atoms with van der Waals surface area (Å²) in [6.07, 6.45) is 2.17. The van der Waals surface area contributed by atoms with E-state index >= 15 is 0 Å². The van der Waals surface area contributed by atoms with Crippen molar-refractivity contribution in [2.45, 2.75) is 19.3 Å². The molecule has 1 saturated carbocycles. The largest absolute Gasteiger partial charge is 0.465 e. The van der Waals surface area contributed by atoms with Crippen LogP contribution in [-0.2, 0) is 16.0 Å². The van der Waals surface area contributed by atoms with Gasteiger partial charge < -0.3 is 9.15 Å². The molecule has 3 aromatic rings. The number of hydrogen-bond donors (Lipinski definition) is 0. The predicted octanol–water partition coefficient (Wildman–Crippen LogP) is 5.85. The molecule has 1 saturated heterocycles. The first-order chi connectivity index (χ1) is 13.4. The fraction of sp³-hybridized carbons (Fsp3) is 0.273. The second-order valence-electron chi connectivity index (χ2n) is 7.70. The zero-order valence-electron chi connectivity index (χ0n) is 15.0. The van der Waals surface area contributed by atoms with Crippen LogP contribution in [0.4, 0.5) is 0 Å². The number of aromatic nitrogens is 1. The van der Waals surface area contributed by atoms with Crippen molar-refractivity contribution in [1.82, 2.24) is 4.98 Å². The zero-order chi connectivity index (χ0) is 19.5. The molecule has 0 spiro atoms. The number of halogens is 2. The Morgan fingerprint density at radius 1 is 1.21 bits per heavy atom. The SMILES string of the molecule is C=C1CC2COC(=O)C2(Cc2ccc3oc(-c4ccc(Cl)cc4Cl)nc3c2)C1. The normalized spacial score (nSPS) is 24.0. The molecular weight excluding hydrogens is 397 g/mol. The van der Waals surface area contributed by atoms with Crippen molar-refractivity contribution in [2.75, 3.05) is 6.61 Å². The molecule has 6 heteroatoms. The minimum absolute atomic E-state index is 0.106. The topological polar surface area (TPSA) is 52.3 Å². The number of hydrogen-bond acceptors (Lipinski definition) is 4. The van der Waals surface area contributed by atoms with Crippen LogP contribution < -0.4 is 0 Å². The zero-order valence-corrected chi connectivity index (χ0v) is 16.5. The van der Waals surface area contributed by atoms with Gasteiger partial charge in [-0.25, -0.2) is 4.98 Å². The average molecular weight is 414 g/mol. The van der Waals surface area contributed by atoms with Crippen molar-refractivity contribution in [1.29, 1.82) is 0 Å². The first-order valence-electron chi connectivity index (χ1n) is 9.13. The number of benzene rings is 2. The highest BCUT2D eigenvalue weighted by atomic mass is 35.5. The minimum atomic E-state index is -0.489. The third-order valence-electron chi connectivity index (χ3n) is 5.84. The summed E-state index contributed by atoms with van der Waals surface area (Å²) in [6, 6.07) is 11.1. The van der Waals surface area contributed by atoms with Crippen LogP contribution >= 0.6 is 23.2 Å². The summed E-state index contributed by atoms with van der Waals surface area (Å²) >= 11 is 12.3. The lowest BCUT2D eigenvalue weighted by Gasteiger charge is -2.23. The Balaban J connectivity index is 1.50. The molecule has 28 heavy (non-hydrogen) atoms. The summed E-state index contributed by atoms with van der Waals surface area (Å²) in [4.78, 5) is 17.1. The van der Waals surface area contributed by atoms with Gasteiger partial charge in [0.2, 0.25) is 5.89 Å². The molecule has 2 aliphatic rings. The molecule has 1 aliphatic heterocycles. The molecule has 5 rings (SSSR count). The lowest BCUT2D eigenvalue weighted by Crippen LogP contribution is -2.31. The molecule has 142 valence electrons. The van der Waals surface area contributed by atoms with Gasteiger partial charge in [0.25, 0.3) is 0 Å². The molecule has 2 unspecified atom stereocenters. The number of ether oxygens (including phenoxy) is 1. The molecule has 1 aliphatic carbocycles. The molecule has 4 nitrogen and oxygen atoms in total. The Bertz CT molecular complexity index is 1140. The lowest BCUT2D eigenvalue weighted by atomic mass is 9.75. The maximum atomic E-state index is 12.5. The minimum Gasteiger partial charge on any atom is -0.465 e. The van der Waals surface area contributed by atoms with Crippen LogP contribution in [0.2, 0.25) is 10.0 Å². The highest BCUT2D eigenvalue weighted by Crippen LogP contribution is 2.52. The van der Waals surface area contributed by atoms with Gasteiger partial charge in [0.15, 0.2) is 5.58 Å². The Morgan fingerprint density at radius 3 is 2.89 bits per heavy atom. The smallest absolute Gasteiger partial charge is 0.313 e. The Morgan fingerprint density at radius 2 is 2.07 bits per heavy atom. The quantitative estimate of drug-likeness (QED) is 0.398. The summed E-state index contributed by atoms with van der Waals surface area (Å²) in [7, 11) is 0. The van der Waals surface area contributed by atoms with Crippen LogP contribution in [-0.4, -0.2) is 17.6 Å². The molecular formula is C22H17Cl2NO3. The Labute approximate surface area is 172 Å². The molecule has 2 atom stereocenters. The van der Waals surface area contributed by atoms with E-state index in [4.69, 9.17) is 32.4 Å². The number of allylic oxidation sites excluding steroid dienone is 1. The van der Waals surface area contributed by atoms with Crippen molar-refractivity contribution < 1.29 is 13.9 Å². The van der Waals surface area contributed by atoms with Crippen LogP contribution in [0.25, 0.3) is 22.6 Å². The van der Waals surface area contributed by atoms with Crippen molar-refractivity contribution >= 4 is 40.3 Å². The number of nitrogens with zero attached hydrogens (tertiary/aromatic N) is 1. The fourth-order valence-electron chi connectivity index (χ4n) is 4.49. The summed E-state index contributed by atoms with van der Waals surface area (Å²) in [5.74, 6) is 0.549. The maximum Gasteiger partial charge on any atom is 0.313 e. The summed E-state index contributed by atoms with van der Waals surface area (Å²) < 4.78 is 11.3. The first kappa shape index (κ1) is 17.8. The van der Waals surface area contributed by atoms with E-state index in [1.165, 1.54) is 0 Å². The van der Waals surface area contributed by atoms with E-state index in [1.807, 2.05) is 18.2 Å². The van der Waals surface area contributed by atoms with E-state index in [0.717, 1.165) is 23.1 Å². The van der Waals surface area contributed by atoms with Gasteiger partial charge in [0.05, 0.1) is 22.6 Å². The van der Waals surface area contributed by atoms with E-state index < -0.39 is 5.41 Å². The van der Waals surface area contributed by atoms with Gasteiger partial charge >= 0.3 is 5.97 Å². The molecule has 0 bridgehead atoms. The second-order valence-corrected chi connectivity index (χ2v) is 8.55. The van der Waals surface area contributed by atoms with Gasteiger partial charge in [-0.05, 0) is 55.2 Å². The number of carbonyl (C=O) groups is 1. The molecule has 2 aromatic carbocycles. The van der Waals surface area contributed by atoms with E-state index in [0.29, 0.717) is 46.5 Å². The van der Waals surface area contributed by atoms with E-state index in [-0.39, 0.29) is 11.9 Å². The van der Waals surface area contributed by atoms with Gasteiger partial charge in [-0.1, -0.05) is 41.4 Å². The third kappa shape index (κ3) is 2.75. The first-order valence-corrected chi connectivity index (χ1v) is 9.89. The van der Waals surface area contributed by atoms with Crippen LogP contribution in [0.1, 0.15) is 18.4 Å². The Kier molecular flexibility index (Phi) is 4.04. The highest BCUT2D eigenvalue weighted by molar-refractivity contribution is 6.36. The van der Waals surface area contributed by atoms with E-state index in [2.05, 4.69) is 11.6 Å². The van der Waals surface area contributed by atoms with Crippen LogP contribution in [0.5, 0.6) is 0 Å². The van der Waals surface area contributed by atoms with Gasteiger partial charge in [0.1, 0.15) is 5.52 Å². The van der Waals surface area contributed by atoms with Gasteiger partial charge in [-0.15, -0.1) is 0 Å². The van der Waals surface area contributed by atoms with Crippen molar-refractivity contribution in [3.63, 3.8) is 0 Å². The standard InChI is InChI=1S/C22H17Cl2NO3/c1-12-6-14-11-27-21(26)22(14,9-12)10-13-2-5-19-18(7-13)25-20(28-19)16-4-3-15(23)8-17(16)24/h2-5,7-8,14H,1,6,9-11H2. The van der Waals surface area contributed by atoms with Crippen molar-refractivity contribution in [2.24, 2.45) is 11.3 Å². The maximum absolute atomic E-state index is 12.5. The van der Waals surface area contributed by atoms with Crippen LogP contribution in [0, 0.1) is 11.3 Å². The monoisotopic (exact) mass is 413 g/mol. The molecule has 2 heterocycles. The average Bonchev–Trinajstić information content (AvgIpc) is 3.28. The number of oxazole rings is 1. The molecule has 0 radical (unpaired) electrons. The molecule has 0 N–H and O–H groups in total.